The van der Waals surface area contributed by atoms with Gasteiger partial charge in [0.05, 0.1) is 7.11 Å². The molecule has 0 spiro atoms. The number of rotatable bonds is 3. The average Bonchev–Trinajstić information content (AvgIpc) is 2.69. The van der Waals surface area contributed by atoms with Crippen LogP contribution in [0.25, 0.3) is 11.1 Å². The van der Waals surface area contributed by atoms with E-state index in [4.69, 9.17) is 14.3 Å². The normalized spacial score (nSPS) is 12.6. The van der Waals surface area contributed by atoms with Crippen LogP contribution in [-0.4, -0.2) is 28.3 Å². The molecule has 0 saturated heterocycles. The van der Waals surface area contributed by atoms with Crippen molar-refractivity contribution < 1.29 is 24.2 Å². The third-order valence-electron chi connectivity index (χ3n) is 2.12. The second kappa shape index (κ2) is 3.82. The van der Waals surface area contributed by atoms with Crippen molar-refractivity contribution in [3.8, 4) is 6.08 Å². The smallest absolute Gasteiger partial charge is 0.394 e. The first kappa shape index (κ1) is 10.4. The third-order valence-corrected chi connectivity index (χ3v) is 2.12. The molecule has 0 aliphatic rings. The summed E-state index contributed by atoms with van der Waals surface area (Å²) in [6.07, 6.45) is -1.47. The van der Waals surface area contributed by atoms with Gasteiger partial charge in [0.15, 0.2) is 11.7 Å². The van der Waals surface area contributed by atoms with Crippen LogP contribution in [0.15, 0.2) is 22.6 Å². The molecule has 6 nitrogen and oxygen atoms in total. The van der Waals surface area contributed by atoms with E-state index in [0.717, 1.165) is 0 Å². The molecule has 1 aromatic heterocycles. The van der Waals surface area contributed by atoms with Gasteiger partial charge in [-0.25, -0.2) is 4.79 Å². The highest BCUT2D eigenvalue weighted by atomic mass is 16.6. The Morgan fingerprint density at radius 1 is 1.56 bits per heavy atom. The zero-order valence-electron chi connectivity index (χ0n) is 8.38. The number of carbonyl (C=O) groups is 1. The van der Waals surface area contributed by atoms with Crippen molar-refractivity contribution in [1.82, 2.24) is 4.98 Å². The molecule has 0 aliphatic heterocycles. The predicted octanol–water partition coefficient (Wildman–Crippen LogP) is 0.954. The summed E-state index contributed by atoms with van der Waals surface area (Å²) in [6.45, 7) is 0. The molecule has 0 aliphatic carbocycles. The number of hydrogen-bond donors (Lipinski definition) is 2. The zero-order valence-corrected chi connectivity index (χ0v) is 8.38. The number of ether oxygens (including phenoxy) is 1. The molecular formula is C10H9NO5. The Morgan fingerprint density at radius 2 is 2.31 bits per heavy atom. The van der Waals surface area contributed by atoms with E-state index < -0.39 is 12.1 Å². The van der Waals surface area contributed by atoms with Crippen molar-refractivity contribution in [2.24, 2.45) is 0 Å². The maximum atomic E-state index is 10.6. The highest BCUT2D eigenvalue weighted by Crippen LogP contribution is 2.24. The van der Waals surface area contributed by atoms with E-state index in [9.17, 15) is 9.90 Å². The first-order valence-corrected chi connectivity index (χ1v) is 4.47. The van der Waals surface area contributed by atoms with Crippen LogP contribution in [0.3, 0.4) is 0 Å². The number of aliphatic carboxylic acids is 1. The molecule has 0 amide bonds. The minimum atomic E-state index is -1.57. The molecule has 6 heteroatoms. The Morgan fingerprint density at radius 3 is 2.94 bits per heavy atom. The lowest BCUT2D eigenvalue weighted by molar-refractivity contribution is -0.146. The first-order valence-electron chi connectivity index (χ1n) is 4.47. The number of aliphatic hydroxyl groups excluding tert-OH is 1. The molecule has 0 radical (unpaired) electrons. The number of aliphatic hydroxyl groups is 1. The van der Waals surface area contributed by atoms with Crippen LogP contribution in [0.5, 0.6) is 6.08 Å². The van der Waals surface area contributed by atoms with Crippen molar-refractivity contribution in [2.45, 2.75) is 6.10 Å². The number of hydrogen-bond acceptors (Lipinski definition) is 5. The fourth-order valence-corrected chi connectivity index (χ4v) is 1.32. The van der Waals surface area contributed by atoms with Gasteiger partial charge >= 0.3 is 12.0 Å². The molecule has 16 heavy (non-hydrogen) atoms. The SMILES string of the molecule is COc1nc2ccc(C(O)C(=O)O)cc2o1. The summed E-state index contributed by atoms with van der Waals surface area (Å²) in [4.78, 5) is 14.5. The number of carboxylic acid groups (broad SMARTS) is 1. The highest BCUT2D eigenvalue weighted by Gasteiger charge is 2.17. The van der Waals surface area contributed by atoms with E-state index in [1.54, 1.807) is 6.07 Å². The van der Waals surface area contributed by atoms with E-state index in [-0.39, 0.29) is 11.6 Å². The van der Waals surface area contributed by atoms with E-state index in [2.05, 4.69) is 4.98 Å². The Labute approximate surface area is 90.1 Å². The van der Waals surface area contributed by atoms with Gasteiger partial charge in [-0.15, -0.1) is 0 Å². The lowest BCUT2D eigenvalue weighted by Gasteiger charge is -2.03. The Bertz CT molecular complexity index is 533. The minimum Gasteiger partial charge on any atom is -0.479 e. The van der Waals surface area contributed by atoms with E-state index in [1.807, 2.05) is 0 Å². The zero-order chi connectivity index (χ0) is 11.7. The topological polar surface area (TPSA) is 92.8 Å². The van der Waals surface area contributed by atoms with Crippen molar-refractivity contribution in [1.29, 1.82) is 0 Å². The van der Waals surface area contributed by atoms with Gasteiger partial charge in [0.1, 0.15) is 5.52 Å². The Balaban J connectivity index is 2.46. The summed E-state index contributed by atoms with van der Waals surface area (Å²) in [5.74, 6) is -1.31. The molecular weight excluding hydrogens is 214 g/mol. The largest absolute Gasteiger partial charge is 0.479 e. The van der Waals surface area contributed by atoms with Gasteiger partial charge in [-0.3, -0.25) is 0 Å². The van der Waals surface area contributed by atoms with Gasteiger partial charge < -0.3 is 19.4 Å². The van der Waals surface area contributed by atoms with Gasteiger partial charge in [-0.1, -0.05) is 6.07 Å². The molecule has 1 heterocycles. The second-order valence-corrected chi connectivity index (χ2v) is 3.15. The van der Waals surface area contributed by atoms with Gasteiger partial charge in [0, 0.05) is 0 Å². The van der Waals surface area contributed by atoms with Gasteiger partial charge in [-0.05, 0) is 17.7 Å². The summed E-state index contributed by atoms with van der Waals surface area (Å²) in [7, 11) is 1.41. The standard InChI is InChI=1S/C10H9NO5/c1-15-10-11-6-3-2-5(4-7(6)16-10)8(12)9(13)14/h2-4,8,12H,1H3,(H,13,14). The van der Waals surface area contributed by atoms with Gasteiger partial charge in [-0.2, -0.15) is 4.98 Å². The molecule has 1 atom stereocenters. The number of fused-ring (bicyclic) bond motifs is 1. The van der Waals surface area contributed by atoms with E-state index in [1.165, 1.54) is 19.2 Å². The second-order valence-electron chi connectivity index (χ2n) is 3.15. The maximum Gasteiger partial charge on any atom is 0.394 e. The van der Waals surface area contributed by atoms with Crippen molar-refractivity contribution in [2.75, 3.05) is 7.11 Å². The molecule has 84 valence electrons. The summed E-state index contributed by atoms with van der Waals surface area (Å²) in [6, 6.07) is 4.45. The number of nitrogens with zero attached hydrogens (tertiary/aromatic N) is 1. The van der Waals surface area contributed by atoms with Gasteiger partial charge in [0.25, 0.3) is 0 Å². The predicted molar refractivity (Wildman–Crippen MR) is 53.2 cm³/mol. The molecule has 1 aromatic carbocycles. The minimum absolute atomic E-state index is 0.0944. The summed E-state index contributed by atoms with van der Waals surface area (Å²) >= 11 is 0. The Kier molecular flexibility index (Phi) is 2.49. The molecule has 2 aromatic rings. The lowest BCUT2D eigenvalue weighted by atomic mass is 10.1. The Hall–Kier alpha value is -2.08. The fraction of sp³-hybridized carbons (Fsp3) is 0.200. The number of aromatic nitrogens is 1. The lowest BCUT2D eigenvalue weighted by Crippen LogP contribution is -2.09. The van der Waals surface area contributed by atoms with Crippen molar-refractivity contribution in [3.63, 3.8) is 0 Å². The van der Waals surface area contributed by atoms with Crippen molar-refractivity contribution >= 4 is 17.1 Å². The van der Waals surface area contributed by atoms with E-state index in [0.29, 0.717) is 11.1 Å². The highest BCUT2D eigenvalue weighted by molar-refractivity contribution is 5.78. The number of oxazole rings is 1. The summed E-state index contributed by atoms with van der Waals surface area (Å²) in [5, 5.41) is 18.0. The molecule has 2 rings (SSSR count). The monoisotopic (exact) mass is 223 g/mol. The summed E-state index contributed by atoms with van der Waals surface area (Å²) < 4.78 is 9.94. The number of carboxylic acids is 1. The van der Waals surface area contributed by atoms with E-state index >= 15 is 0 Å². The van der Waals surface area contributed by atoms with Gasteiger partial charge in [0.2, 0.25) is 0 Å². The molecule has 0 fully saturated rings. The number of benzene rings is 1. The van der Waals surface area contributed by atoms with Crippen LogP contribution < -0.4 is 4.74 Å². The van der Waals surface area contributed by atoms with Crippen LogP contribution in [0.2, 0.25) is 0 Å². The van der Waals surface area contributed by atoms with Crippen LogP contribution in [0.1, 0.15) is 11.7 Å². The van der Waals surface area contributed by atoms with Crippen LogP contribution >= 0.6 is 0 Å². The molecule has 2 N–H and O–H groups in total. The molecule has 0 bridgehead atoms. The fourth-order valence-electron chi connectivity index (χ4n) is 1.32. The molecule has 1 unspecified atom stereocenters. The molecule has 0 saturated carbocycles. The van der Waals surface area contributed by atoms with Crippen molar-refractivity contribution in [3.05, 3.63) is 23.8 Å². The van der Waals surface area contributed by atoms with Crippen LogP contribution in [-0.2, 0) is 4.79 Å². The third kappa shape index (κ3) is 1.70. The number of methoxy groups -OCH3 is 1. The average molecular weight is 223 g/mol. The quantitative estimate of drug-likeness (QED) is 0.804. The maximum absolute atomic E-state index is 10.6. The summed E-state index contributed by atoms with van der Waals surface area (Å²) in [5.41, 5.74) is 1.15. The first-order chi connectivity index (χ1) is 7.61. The van der Waals surface area contributed by atoms with Crippen LogP contribution in [0.4, 0.5) is 0 Å². The van der Waals surface area contributed by atoms with Crippen LogP contribution in [0, 0.1) is 0 Å².